The number of oxazole rings is 1. The molecule has 1 aliphatic heterocycles. The largest absolute Gasteiger partial charge is 0.444 e. The molecule has 0 atom stereocenters. The lowest BCUT2D eigenvalue weighted by molar-refractivity contribution is 0.174. The molecule has 24 heavy (non-hydrogen) atoms. The molecule has 0 bridgehead atoms. The molecule has 0 unspecified atom stereocenters. The number of hydrogen-bond acceptors (Lipinski definition) is 4. The number of benzene rings is 1. The highest BCUT2D eigenvalue weighted by Gasteiger charge is 2.20. The fourth-order valence-electron chi connectivity index (χ4n) is 3.06. The zero-order valence-electron chi connectivity index (χ0n) is 14.0. The molecule has 6 heteroatoms. The van der Waals surface area contributed by atoms with Crippen LogP contribution in [0, 0.1) is 11.7 Å². The van der Waals surface area contributed by atoms with Gasteiger partial charge in [0.05, 0.1) is 5.69 Å². The molecule has 1 aromatic carbocycles. The summed E-state index contributed by atoms with van der Waals surface area (Å²) >= 11 is 0. The predicted molar refractivity (Wildman–Crippen MR) is 95.7 cm³/mol. The Labute approximate surface area is 148 Å². The Balaban J connectivity index is 0.00000208. The van der Waals surface area contributed by atoms with Gasteiger partial charge in [0.15, 0.2) is 0 Å². The van der Waals surface area contributed by atoms with E-state index in [0.29, 0.717) is 11.5 Å². The lowest BCUT2D eigenvalue weighted by atomic mass is 9.97. The molecule has 0 aliphatic carbocycles. The molecule has 4 nitrogen and oxygen atoms in total. The third kappa shape index (κ3) is 5.03. The molecular weight excluding hydrogens is 329 g/mol. The molecule has 1 N–H and O–H groups in total. The van der Waals surface area contributed by atoms with Gasteiger partial charge in [0.1, 0.15) is 12.1 Å². The van der Waals surface area contributed by atoms with Crippen LogP contribution >= 0.6 is 12.4 Å². The van der Waals surface area contributed by atoms with Gasteiger partial charge in [-0.15, -0.1) is 12.4 Å². The minimum atomic E-state index is -0.273. The highest BCUT2D eigenvalue weighted by Crippen LogP contribution is 2.22. The Hall–Kier alpha value is -1.43. The first-order valence-electron chi connectivity index (χ1n) is 8.38. The van der Waals surface area contributed by atoms with E-state index in [1.54, 1.807) is 12.3 Å². The van der Waals surface area contributed by atoms with E-state index in [1.165, 1.54) is 25.0 Å². The molecule has 2 aromatic rings. The monoisotopic (exact) mass is 353 g/mol. The summed E-state index contributed by atoms with van der Waals surface area (Å²) in [7, 11) is 0. The standard InChI is InChI=1S/C18H24FN3O.ClH/c1-2-20-11-14-6-8-22(9-7-14)12-17-13-23-18(21-17)15-4-3-5-16(19)10-15;/h3-5,10,13-14,20H,2,6-9,11-12H2,1H3;1H. The van der Waals surface area contributed by atoms with Crippen molar-refractivity contribution < 1.29 is 8.81 Å². The second-order valence-electron chi connectivity index (χ2n) is 6.18. The Morgan fingerprint density at radius 2 is 2.12 bits per heavy atom. The molecular formula is C18H25ClFN3O. The number of nitrogens with zero attached hydrogens (tertiary/aromatic N) is 2. The number of hydrogen-bond donors (Lipinski definition) is 1. The van der Waals surface area contributed by atoms with E-state index < -0.39 is 0 Å². The van der Waals surface area contributed by atoms with Crippen LogP contribution in [0.1, 0.15) is 25.5 Å². The Kier molecular flexibility index (Phi) is 7.21. The van der Waals surface area contributed by atoms with Crippen molar-refractivity contribution >= 4 is 12.4 Å². The highest BCUT2D eigenvalue weighted by atomic mass is 35.5. The molecule has 0 amide bonds. The molecule has 0 spiro atoms. The van der Waals surface area contributed by atoms with Gasteiger partial charge >= 0.3 is 0 Å². The van der Waals surface area contributed by atoms with Gasteiger partial charge in [0.2, 0.25) is 5.89 Å². The first-order chi connectivity index (χ1) is 11.2. The fraction of sp³-hybridized carbons (Fsp3) is 0.500. The number of rotatable bonds is 6. The summed E-state index contributed by atoms with van der Waals surface area (Å²) in [6.07, 6.45) is 4.13. The first-order valence-corrected chi connectivity index (χ1v) is 8.38. The van der Waals surface area contributed by atoms with E-state index in [-0.39, 0.29) is 18.2 Å². The Bertz CT molecular complexity index is 626. The highest BCUT2D eigenvalue weighted by molar-refractivity contribution is 5.85. The fourth-order valence-corrected chi connectivity index (χ4v) is 3.06. The smallest absolute Gasteiger partial charge is 0.226 e. The van der Waals surface area contributed by atoms with Gasteiger partial charge in [0.25, 0.3) is 0 Å². The minimum Gasteiger partial charge on any atom is -0.444 e. The summed E-state index contributed by atoms with van der Waals surface area (Å²) in [6.45, 7) is 7.30. The maximum absolute atomic E-state index is 13.3. The van der Waals surface area contributed by atoms with Gasteiger partial charge in [-0.05, 0) is 63.1 Å². The van der Waals surface area contributed by atoms with Gasteiger partial charge < -0.3 is 9.73 Å². The first kappa shape index (κ1) is 18.9. The number of aromatic nitrogens is 1. The molecule has 1 saturated heterocycles. The van der Waals surface area contributed by atoms with Crippen LogP contribution in [0.2, 0.25) is 0 Å². The number of piperidine rings is 1. The van der Waals surface area contributed by atoms with Crippen LogP contribution in [-0.4, -0.2) is 36.1 Å². The summed E-state index contributed by atoms with van der Waals surface area (Å²) in [4.78, 5) is 6.91. The molecule has 132 valence electrons. The average molecular weight is 354 g/mol. The zero-order chi connectivity index (χ0) is 16.1. The Morgan fingerprint density at radius 1 is 1.33 bits per heavy atom. The van der Waals surface area contributed by atoms with Crippen molar-refractivity contribution in [1.82, 2.24) is 15.2 Å². The van der Waals surface area contributed by atoms with E-state index in [2.05, 4.69) is 22.1 Å². The zero-order valence-corrected chi connectivity index (χ0v) is 14.8. The molecule has 1 aliphatic rings. The molecule has 0 radical (unpaired) electrons. The number of nitrogens with one attached hydrogen (secondary N) is 1. The van der Waals surface area contributed by atoms with Gasteiger partial charge in [-0.25, -0.2) is 9.37 Å². The van der Waals surface area contributed by atoms with E-state index in [1.807, 2.05) is 6.07 Å². The van der Waals surface area contributed by atoms with Crippen molar-refractivity contribution in [1.29, 1.82) is 0 Å². The van der Waals surface area contributed by atoms with Crippen molar-refractivity contribution in [3.05, 3.63) is 42.0 Å². The van der Waals surface area contributed by atoms with Crippen LogP contribution in [0.5, 0.6) is 0 Å². The predicted octanol–water partition coefficient (Wildman–Crippen LogP) is 3.72. The quantitative estimate of drug-likeness (QED) is 0.859. The lowest BCUT2D eigenvalue weighted by Gasteiger charge is -2.31. The summed E-state index contributed by atoms with van der Waals surface area (Å²) < 4.78 is 18.8. The van der Waals surface area contributed by atoms with Gasteiger partial charge in [-0.1, -0.05) is 13.0 Å². The summed E-state index contributed by atoms with van der Waals surface area (Å²) in [5.41, 5.74) is 1.59. The minimum absolute atomic E-state index is 0. The van der Waals surface area contributed by atoms with Crippen LogP contribution in [-0.2, 0) is 6.54 Å². The summed E-state index contributed by atoms with van der Waals surface area (Å²) in [5.74, 6) is 0.998. The molecule has 0 saturated carbocycles. The third-order valence-electron chi connectivity index (χ3n) is 4.40. The van der Waals surface area contributed by atoms with Gasteiger partial charge in [0, 0.05) is 12.1 Å². The summed E-state index contributed by atoms with van der Waals surface area (Å²) in [5, 5.41) is 3.43. The van der Waals surface area contributed by atoms with Crippen LogP contribution in [0.15, 0.2) is 34.9 Å². The van der Waals surface area contributed by atoms with Crippen LogP contribution < -0.4 is 5.32 Å². The average Bonchev–Trinajstić information content (AvgIpc) is 3.03. The van der Waals surface area contributed by atoms with E-state index in [9.17, 15) is 4.39 Å². The van der Waals surface area contributed by atoms with E-state index in [0.717, 1.165) is 44.3 Å². The maximum Gasteiger partial charge on any atom is 0.226 e. The van der Waals surface area contributed by atoms with Crippen molar-refractivity contribution in [2.24, 2.45) is 5.92 Å². The normalized spacial score (nSPS) is 16.1. The molecule has 1 fully saturated rings. The third-order valence-corrected chi connectivity index (χ3v) is 4.40. The van der Waals surface area contributed by atoms with Crippen molar-refractivity contribution in [3.63, 3.8) is 0 Å². The van der Waals surface area contributed by atoms with E-state index >= 15 is 0 Å². The molecule has 3 rings (SSSR count). The second kappa shape index (κ2) is 9.16. The lowest BCUT2D eigenvalue weighted by Crippen LogP contribution is -2.36. The van der Waals surface area contributed by atoms with Crippen LogP contribution in [0.25, 0.3) is 11.5 Å². The number of likely N-dealkylation sites (tertiary alicyclic amines) is 1. The van der Waals surface area contributed by atoms with Crippen molar-refractivity contribution in [2.45, 2.75) is 26.3 Å². The topological polar surface area (TPSA) is 41.3 Å². The molecule has 1 aromatic heterocycles. The van der Waals surface area contributed by atoms with Crippen molar-refractivity contribution in [3.8, 4) is 11.5 Å². The van der Waals surface area contributed by atoms with Crippen LogP contribution in [0.4, 0.5) is 4.39 Å². The maximum atomic E-state index is 13.3. The van der Waals surface area contributed by atoms with E-state index in [4.69, 9.17) is 4.42 Å². The Morgan fingerprint density at radius 3 is 2.83 bits per heavy atom. The van der Waals surface area contributed by atoms with Crippen molar-refractivity contribution in [2.75, 3.05) is 26.2 Å². The number of halogens is 2. The summed E-state index contributed by atoms with van der Waals surface area (Å²) in [6, 6.07) is 6.35. The SMILES string of the molecule is CCNCC1CCN(Cc2coc(-c3cccc(F)c3)n2)CC1.Cl. The van der Waals surface area contributed by atoms with Gasteiger partial charge in [-0.3, -0.25) is 4.90 Å². The van der Waals surface area contributed by atoms with Crippen LogP contribution in [0.3, 0.4) is 0 Å². The van der Waals surface area contributed by atoms with Gasteiger partial charge in [-0.2, -0.15) is 0 Å². The second-order valence-corrected chi connectivity index (χ2v) is 6.18. The molecule has 2 heterocycles.